The maximum absolute atomic E-state index is 13.2. The summed E-state index contributed by atoms with van der Waals surface area (Å²) in [4.78, 5) is 13.2. The van der Waals surface area contributed by atoms with Crippen molar-refractivity contribution in [1.82, 2.24) is 0 Å². The molecule has 1 heterocycles. The number of benzene rings is 4. The Morgan fingerprint density at radius 1 is 0.562 bits per heavy atom. The van der Waals surface area contributed by atoms with Gasteiger partial charge >= 0.3 is 0 Å². The van der Waals surface area contributed by atoms with E-state index in [-0.39, 0.29) is 50.7 Å². The molecule has 4 aromatic carbocycles. The second kappa shape index (κ2) is 6.95. The van der Waals surface area contributed by atoms with Gasteiger partial charge in [0, 0.05) is 0 Å². The maximum atomic E-state index is 13.2. The number of rotatable bonds is 2. The number of phenolic OH excluding ortho intramolecular Hbond substituents is 5. The summed E-state index contributed by atoms with van der Waals surface area (Å²) in [5.74, 6) is -1.45. The zero-order valence-electron chi connectivity index (χ0n) is 16.4. The van der Waals surface area contributed by atoms with Crippen molar-refractivity contribution in [2.45, 2.75) is 0 Å². The summed E-state index contributed by atoms with van der Waals surface area (Å²) < 4.78 is 5.90. The molecule has 7 heteroatoms. The molecule has 1 aromatic heterocycles. The Morgan fingerprint density at radius 2 is 1.16 bits per heavy atom. The van der Waals surface area contributed by atoms with Crippen molar-refractivity contribution in [3.8, 4) is 51.0 Å². The normalized spacial score (nSPS) is 11.2. The summed E-state index contributed by atoms with van der Waals surface area (Å²) >= 11 is 0. The van der Waals surface area contributed by atoms with Gasteiger partial charge in [-0.2, -0.15) is 0 Å². The third-order valence-electron chi connectivity index (χ3n) is 5.39. The number of hydrogen-bond acceptors (Lipinski definition) is 7. The Hall–Kier alpha value is -4.65. The fourth-order valence-electron chi connectivity index (χ4n) is 3.79. The molecule has 0 radical (unpaired) electrons. The summed E-state index contributed by atoms with van der Waals surface area (Å²) in [7, 11) is 0. The minimum atomic E-state index is -0.427. The first-order valence-electron chi connectivity index (χ1n) is 9.61. The molecule has 32 heavy (non-hydrogen) atoms. The lowest BCUT2D eigenvalue weighted by molar-refractivity contribution is 0.404. The average Bonchev–Trinajstić information content (AvgIpc) is 2.77. The zero-order chi connectivity index (χ0) is 22.6. The molecule has 7 nitrogen and oxygen atoms in total. The molecule has 0 atom stereocenters. The average molecular weight is 428 g/mol. The Bertz CT molecular complexity index is 1600. The largest absolute Gasteiger partial charge is 0.507 e. The van der Waals surface area contributed by atoms with Crippen LogP contribution in [0.1, 0.15) is 0 Å². The Labute approximate surface area is 180 Å². The van der Waals surface area contributed by atoms with Crippen LogP contribution in [0.15, 0.2) is 75.9 Å². The summed E-state index contributed by atoms with van der Waals surface area (Å²) in [6.45, 7) is 0. The third-order valence-corrected chi connectivity index (χ3v) is 5.39. The molecule has 5 N–H and O–H groups in total. The first-order valence-corrected chi connectivity index (χ1v) is 9.61. The molecule has 0 saturated carbocycles. The van der Waals surface area contributed by atoms with Crippen LogP contribution in [-0.4, -0.2) is 25.5 Å². The second-order valence-electron chi connectivity index (χ2n) is 7.38. The van der Waals surface area contributed by atoms with Gasteiger partial charge in [0.1, 0.15) is 22.3 Å². The topological polar surface area (TPSA) is 131 Å². The van der Waals surface area contributed by atoms with Crippen LogP contribution in [0.2, 0.25) is 0 Å². The molecule has 0 aliphatic heterocycles. The lowest BCUT2D eigenvalue weighted by Crippen LogP contribution is -2.03. The Balaban J connectivity index is 1.91. The van der Waals surface area contributed by atoms with Crippen LogP contribution in [0.25, 0.3) is 44.2 Å². The van der Waals surface area contributed by atoms with E-state index in [9.17, 15) is 30.3 Å². The lowest BCUT2D eigenvalue weighted by atomic mass is 9.92. The Morgan fingerprint density at radius 3 is 1.75 bits per heavy atom. The zero-order valence-corrected chi connectivity index (χ0v) is 16.4. The molecule has 5 rings (SSSR count). The van der Waals surface area contributed by atoms with Crippen molar-refractivity contribution in [3.05, 3.63) is 77.0 Å². The van der Waals surface area contributed by atoms with Crippen LogP contribution in [0.3, 0.4) is 0 Å². The van der Waals surface area contributed by atoms with Gasteiger partial charge in [-0.05, 0) is 70.8 Å². The highest BCUT2D eigenvalue weighted by Crippen LogP contribution is 2.41. The quantitative estimate of drug-likeness (QED) is 0.201. The van der Waals surface area contributed by atoms with E-state index in [0.717, 1.165) is 0 Å². The smallest absolute Gasteiger partial charge is 0.204 e. The maximum Gasteiger partial charge on any atom is 0.204 e. The van der Waals surface area contributed by atoms with E-state index >= 15 is 0 Å². The van der Waals surface area contributed by atoms with Crippen LogP contribution in [0, 0.1) is 0 Å². The molecule has 0 spiro atoms. The molecule has 0 fully saturated rings. The minimum absolute atomic E-state index is 0.0505. The van der Waals surface area contributed by atoms with Crippen LogP contribution >= 0.6 is 0 Å². The number of fused-ring (bicyclic) bond motifs is 2. The SMILES string of the molecule is O=c1c2cc(-c3ccc(O)c(O)c3)c(-c3ccc(O)c(O)c3)cc2oc2cccc(O)c12. The van der Waals surface area contributed by atoms with E-state index in [0.29, 0.717) is 22.3 Å². The van der Waals surface area contributed by atoms with E-state index in [1.807, 2.05) is 0 Å². The van der Waals surface area contributed by atoms with Crippen molar-refractivity contribution in [1.29, 1.82) is 0 Å². The molecular formula is C25H16O7. The standard InChI is InChI=1S/C25H16O7/c26-17-6-4-12(8-20(17)29)14-10-16-23(11-15(14)13-5-7-18(27)21(30)9-13)32-22-3-1-2-19(28)24(22)25(16)31/h1-11,26-30H. The lowest BCUT2D eigenvalue weighted by Gasteiger charge is -2.14. The summed E-state index contributed by atoms with van der Waals surface area (Å²) in [5.41, 5.74) is 2.09. The molecular weight excluding hydrogens is 412 g/mol. The van der Waals surface area contributed by atoms with E-state index in [2.05, 4.69) is 0 Å². The van der Waals surface area contributed by atoms with Gasteiger partial charge in [-0.1, -0.05) is 18.2 Å². The van der Waals surface area contributed by atoms with Gasteiger partial charge in [0.15, 0.2) is 23.0 Å². The molecule has 0 bridgehead atoms. The molecule has 0 unspecified atom stereocenters. The first-order chi connectivity index (χ1) is 15.3. The van der Waals surface area contributed by atoms with Crippen molar-refractivity contribution >= 4 is 21.9 Å². The van der Waals surface area contributed by atoms with Gasteiger partial charge in [0.05, 0.1) is 5.39 Å². The van der Waals surface area contributed by atoms with E-state index in [1.165, 1.54) is 30.3 Å². The molecule has 0 aliphatic rings. The van der Waals surface area contributed by atoms with Gasteiger partial charge in [-0.25, -0.2) is 0 Å². The Kier molecular flexibility index (Phi) is 4.20. The second-order valence-corrected chi connectivity index (χ2v) is 7.38. The minimum Gasteiger partial charge on any atom is -0.507 e. The van der Waals surface area contributed by atoms with Crippen LogP contribution in [-0.2, 0) is 0 Å². The van der Waals surface area contributed by atoms with E-state index < -0.39 is 5.43 Å². The number of hydrogen-bond donors (Lipinski definition) is 5. The predicted octanol–water partition coefficient (Wildman–Crippen LogP) is 4.81. The summed E-state index contributed by atoms with van der Waals surface area (Å²) in [5, 5.41) is 49.9. The van der Waals surface area contributed by atoms with Crippen molar-refractivity contribution in [2.75, 3.05) is 0 Å². The van der Waals surface area contributed by atoms with Crippen LogP contribution in [0.4, 0.5) is 0 Å². The molecule has 0 saturated heterocycles. The first kappa shape index (κ1) is 19.3. The van der Waals surface area contributed by atoms with E-state index in [4.69, 9.17) is 4.42 Å². The van der Waals surface area contributed by atoms with Gasteiger partial charge in [-0.15, -0.1) is 0 Å². The van der Waals surface area contributed by atoms with Gasteiger partial charge < -0.3 is 29.9 Å². The molecule has 0 aliphatic carbocycles. The number of phenols is 5. The highest BCUT2D eigenvalue weighted by Gasteiger charge is 2.18. The van der Waals surface area contributed by atoms with Crippen LogP contribution in [0.5, 0.6) is 28.7 Å². The fourth-order valence-corrected chi connectivity index (χ4v) is 3.79. The summed E-state index contributed by atoms with van der Waals surface area (Å²) in [6.07, 6.45) is 0. The highest BCUT2D eigenvalue weighted by molar-refractivity contribution is 5.99. The van der Waals surface area contributed by atoms with Crippen molar-refractivity contribution in [2.24, 2.45) is 0 Å². The van der Waals surface area contributed by atoms with Crippen LogP contribution < -0.4 is 5.43 Å². The molecule has 0 amide bonds. The highest BCUT2D eigenvalue weighted by atomic mass is 16.3. The van der Waals surface area contributed by atoms with E-state index in [1.54, 1.807) is 36.4 Å². The van der Waals surface area contributed by atoms with Gasteiger partial charge in [0.25, 0.3) is 0 Å². The van der Waals surface area contributed by atoms with Gasteiger partial charge in [-0.3, -0.25) is 4.79 Å². The predicted molar refractivity (Wildman–Crippen MR) is 119 cm³/mol. The number of aromatic hydroxyl groups is 5. The van der Waals surface area contributed by atoms with Crippen molar-refractivity contribution < 1.29 is 29.9 Å². The van der Waals surface area contributed by atoms with Gasteiger partial charge in [0.2, 0.25) is 5.43 Å². The fraction of sp³-hybridized carbons (Fsp3) is 0. The molecule has 158 valence electrons. The monoisotopic (exact) mass is 428 g/mol. The van der Waals surface area contributed by atoms with Crippen molar-refractivity contribution in [3.63, 3.8) is 0 Å². The summed E-state index contributed by atoms with van der Waals surface area (Å²) in [6, 6.07) is 16.3. The molecule has 5 aromatic rings. The third kappa shape index (κ3) is 2.95.